The zero-order valence-corrected chi connectivity index (χ0v) is 20.6. The first-order valence-corrected chi connectivity index (χ1v) is 11.6. The number of carbonyl (C=O) groups excluding carboxylic acids is 1. The maximum Gasteiger partial charge on any atom is 0.415 e. The molecule has 1 amide bonds. The van der Waals surface area contributed by atoms with E-state index in [1.807, 2.05) is 87.5 Å². The molecular formula is C25H25ClINO3. The van der Waals surface area contributed by atoms with Gasteiger partial charge in [-0.15, -0.1) is 0 Å². The third-order valence-corrected chi connectivity index (χ3v) is 5.51. The van der Waals surface area contributed by atoms with Crippen LogP contribution in [0.15, 0.2) is 78.3 Å². The molecule has 0 N–H and O–H groups in total. The summed E-state index contributed by atoms with van der Waals surface area (Å²) < 4.78 is 11.5. The number of rotatable bonds is 6. The summed E-state index contributed by atoms with van der Waals surface area (Å²) in [5, 5.41) is 1.94. The molecule has 31 heavy (non-hydrogen) atoms. The van der Waals surface area contributed by atoms with E-state index in [0.29, 0.717) is 18.0 Å². The maximum absolute atomic E-state index is 13.1. The average Bonchev–Trinajstić information content (AvgIpc) is 2.72. The van der Waals surface area contributed by atoms with Crippen molar-refractivity contribution in [1.82, 2.24) is 0 Å². The van der Waals surface area contributed by atoms with Crippen LogP contribution in [0.4, 0.5) is 10.5 Å². The van der Waals surface area contributed by atoms with Gasteiger partial charge in [-0.05, 0) is 43.9 Å². The number of anilines is 1. The molecule has 0 fully saturated rings. The van der Waals surface area contributed by atoms with Crippen LogP contribution in [0.5, 0.6) is 5.75 Å². The summed E-state index contributed by atoms with van der Waals surface area (Å²) in [6.45, 7) is 5.96. The number of fused-ring (bicyclic) bond motifs is 1. The fraction of sp³-hybridized carbons (Fsp3) is 0.240. The van der Waals surface area contributed by atoms with Crippen molar-refractivity contribution >= 4 is 56.7 Å². The van der Waals surface area contributed by atoms with Gasteiger partial charge in [-0.25, -0.2) is 4.79 Å². The molecular weight excluding hydrogens is 525 g/mol. The van der Waals surface area contributed by atoms with Gasteiger partial charge in [0.2, 0.25) is 0 Å². The predicted octanol–water partition coefficient (Wildman–Crippen LogP) is 7.67. The minimum atomic E-state index is -0.625. The van der Waals surface area contributed by atoms with Crippen LogP contribution >= 0.6 is 34.2 Å². The number of hydrogen-bond acceptors (Lipinski definition) is 3. The molecule has 0 heterocycles. The Balaban J connectivity index is 2.04. The molecule has 0 aromatic heterocycles. The number of carbonyl (C=O) groups is 1. The van der Waals surface area contributed by atoms with Crippen molar-refractivity contribution in [2.45, 2.75) is 37.0 Å². The van der Waals surface area contributed by atoms with E-state index >= 15 is 0 Å². The monoisotopic (exact) mass is 549 g/mol. The van der Waals surface area contributed by atoms with E-state index in [4.69, 9.17) is 21.1 Å². The van der Waals surface area contributed by atoms with Gasteiger partial charge in [-0.1, -0.05) is 88.8 Å². The van der Waals surface area contributed by atoms with E-state index < -0.39 is 11.7 Å². The highest BCUT2D eigenvalue weighted by Crippen LogP contribution is 2.35. The fourth-order valence-corrected chi connectivity index (χ4v) is 4.20. The Kier molecular flexibility index (Phi) is 7.84. The molecule has 162 valence electrons. The third-order valence-electron chi connectivity index (χ3n) is 4.39. The van der Waals surface area contributed by atoms with Crippen LogP contribution in [-0.4, -0.2) is 15.7 Å². The van der Waals surface area contributed by atoms with Crippen LogP contribution in [0, 0.1) is 0 Å². The topological polar surface area (TPSA) is 38.8 Å². The largest absolute Gasteiger partial charge is 0.488 e. The second-order valence-corrected chi connectivity index (χ2v) is 9.51. The lowest BCUT2D eigenvalue weighted by atomic mass is 10.1. The van der Waals surface area contributed by atoms with Gasteiger partial charge in [0, 0.05) is 17.0 Å². The molecule has 0 saturated heterocycles. The molecule has 0 spiro atoms. The van der Waals surface area contributed by atoms with Crippen LogP contribution in [0.2, 0.25) is 0 Å². The summed E-state index contributed by atoms with van der Waals surface area (Å²) in [4.78, 5) is 14.7. The first-order chi connectivity index (χ1) is 14.8. The number of amides is 1. The van der Waals surface area contributed by atoms with E-state index in [1.165, 1.54) is 5.54 Å². The van der Waals surface area contributed by atoms with E-state index in [1.54, 1.807) is 11.0 Å². The highest BCUT2D eigenvalue weighted by Gasteiger charge is 2.28. The maximum atomic E-state index is 13.1. The summed E-state index contributed by atoms with van der Waals surface area (Å²) in [6.07, 6.45) is 1.28. The Hall–Kier alpha value is -2.25. The fourth-order valence-electron chi connectivity index (χ4n) is 3.06. The molecule has 1 unspecified atom stereocenters. The van der Waals surface area contributed by atoms with Crippen molar-refractivity contribution in [1.29, 1.82) is 0 Å². The highest BCUT2D eigenvalue weighted by atomic mass is 127. The van der Waals surface area contributed by atoms with Gasteiger partial charge in [0.25, 0.3) is 0 Å². The second kappa shape index (κ2) is 10.4. The summed E-state index contributed by atoms with van der Waals surface area (Å²) >= 11 is 7.97. The van der Waals surface area contributed by atoms with Crippen molar-refractivity contribution < 1.29 is 14.3 Å². The number of benzene rings is 3. The van der Waals surface area contributed by atoms with Gasteiger partial charge in [0.05, 0.1) is 5.69 Å². The van der Waals surface area contributed by atoms with Crippen molar-refractivity contribution in [3.63, 3.8) is 0 Å². The zero-order valence-electron chi connectivity index (χ0n) is 17.7. The van der Waals surface area contributed by atoms with Crippen molar-refractivity contribution in [2.75, 3.05) is 4.90 Å². The van der Waals surface area contributed by atoms with Crippen LogP contribution in [0.25, 0.3) is 10.8 Å². The van der Waals surface area contributed by atoms with Crippen molar-refractivity contribution in [2.24, 2.45) is 0 Å². The summed E-state index contributed by atoms with van der Waals surface area (Å²) in [7, 11) is 0. The van der Waals surface area contributed by atoms with Crippen LogP contribution in [0.1, 0.15) is 26.3 Å². The second-order valence-electron chi connectivity index (χ2n) is 7.98. The van der Waals surface area contributed by atoms with Crippen molar-refractivity contribution in [3.05, 3.63) is 83.9 Å². The molecule has 0 aliphatic carbocycles. The Morgan fingerprint density at radius 3 is 2.45 bits per heavy atom. The van der Waals surface area contributed by atoms with Gasteiger partial charge in [0.15, 0.2) is 0 Å². The van der Waals surface area contributed by atoms with Gasteiger partial charge in [-0.3, -0.25) is 4.90 Å². The first kappa shape index (κ1) is 23.4. The molecule has 0 saturated carbocycles. The molecule has 0 aliphatic heterocycles. The number of nitrogens with zero attached hydrogens (tertiary/aromatic N) is 1. The molecule has 6 heteroatoms. The van der Waals surface area contributed by atoms with Crippen LogP contribution in [-0.2, 0) is 11.3 Å². The number of alkyl halides is 1. The Bertz CT molecular complexity index is 1060. The van der Waals surface area contributed by atoms with Gasteiger partial charge in [-0.2, -0.15) is 0 Å². The van der Waals surface area contributed by atoms with Gasteiger partial charge < -0.3 is 9.47 Å². The van der Waals surface area contributed by atoms with E-state index in [0.717, 1.165) is 16.3 Å². The quantitative estimate of drug-likeness (QED) is 0.180. The zero-order chi connectivity index (χ0) is 22.4. The molecule has 4 nitrogen and oxygen atoms in total. The SMILES string of the molecule is CC(C)(C)OC(=O)N(c1cc(OCc2ccccc2)c2ccccc2c1)C(I)C=CCl. The summed E-state index contributed by atoms with van der Waals surface area (Å²) in [6, 6.07) is 21.8. The van der Waals surface area contributed by atoms with Crippen LogP contribution < -0.4 is 9.64 Å². The number of ether oxygens (including phenoxy) is 2. The number of hydrogen-bond donors (Lipinski definition) is 0. The molecule has 0 aliphatic rings. The smallest absolute Gasteiger partial charge is 0.415 e. The van der Waals surface area contributed by atoms with E-state index in [-0.39, 0.29) is 4.05 Å². The molecule has 0 bridgehead atoms. The predicted molar refractivity (Wildman–Crippen MR) is 136 cm³/mol. The summed E-state index contributed by atoms with van der Waals surface area (Å²) in [5.41, 5.74) is 2.52. The molecule has 1 atom stereocenters. The van der Waals surface area contributed by atoms with Crippen LogP contribution in [0.3, 0.4) is 0 Å². The average molecular weight is 550 g/mol. The third kappa shape index (κ3) is 6.37. The lowest BCUT2D eigenvalue weighted by Gasteiger charge is -2.30. The molecule has 3 rings (SSSR count). The van der Waals surface area contributed by atoms with Gasteiger partial charge in [0.1, 0.15) is 22.0 Å². The normalized spacial score (nSPS) is 12.7. The lowest BCUT2D eigenvalue weighted by molar-refractivity contribution is 0.0582. The Labute approximate surface area is 201 Å². The standard InChI is InChI=1S/C25H25ClINO3/c1-25(2,3)31-24(29)28(23(27)13-14-26)20-15-19-11-7-8-12-21(19)22(16-20)30-17-18-9-5-4-6-10-18/h4-16,23H,17H2,1-3H3. The Morgan fingerprint density at radius 1 is 1.10 bits per heavy atom. The number of halogens is 2. The lowest BCUT2D eigenvalue weighted by Crippen LogP contribution is -2.40. The highest BCUT2D eigenvalue weighted by molar-refractivity contribution is 14.1. The van der Waals surface area contributed by atoms with E-state index in [9.17, 15) is 4.79 Å². The molecule has 3 aromatic rings. The minimum Gasteiger partial charge on any atom is -0.488 e. The van der Waals surface area contributed by atoms with Gasteiger partial charge >= 0.3 is 6.09 Å². The first-order valence-electron chi connectivity index (χ1n) is 9.91. The Morgan fingerprint density at radius 2 is 1.77 bits per heavy atom. The molecule has 0 radical (unpaired) electrons. The molecule has 3 aromatic carbocycles. The van der Waals surface area contributed by atoms with E-state index in [2.05, 4.69) is 22.6 Å². The minimum absolute atomic E-state index is 0.340. The summed E-state index contributed by atoms with van der Waals surface area (Å²) in [5.74, 6) is 0.698. The van der Waals surface area contributed by atoms with Crippen molar-refractivity contribution in [3.8, 4) is 5.75 Å².